The number of carbonyl (C=O) groups is 2. The smallest absolute Gasteiger partial charge is 0.259 e. The molecule has 2 amide bonds. The van der Waals surface area contributed by atoms with Crippen LogP contribution in [0, 0.1) is 19.3 Å². The van der Waals surface area contributed by atoms with Crippen molar-refractivity contribution in [1.82, 2.24) is 5.32 Å². The van der Waals surface area contributed by atoms with Gasteiger partial charge in [0.25, 0.3) is 11.8 Å². The predicted molar refractivity (Wildman–Crippen MR) is 138 cm³/mol. The Morgan fingerprint density at radius 2 is 1.77 bits per heavy atom. The van der Waals surface area contributed by atoms with Gasteiger partial charge in [0.15, 0.2) is 10.8 Å². The van der Waals surface area contributed by atoms with Gasteiger partial charge in [-0.3, -0.25) is 14.5 Å². The lowest BCUT2D eigenvalue weighted by atomic mass is 10.0. The summed E-state index contributed by atoms with van der Waals surface area (Å²) in [6.07, 6.45) is 0. The molecule has 0 spiro atoms. The van der Waals surface area contributed by atoms with Crippen molar-refractivity contribution < 1.29 is 14.0 Å². The number of benzene rings is 3. The lowest BCUT2D eigenvalue weighted by molar-refractivity contribution is -0.120. The van der Waals surface area contributed by atoms with Crippen LogP contribution in [0.4, 0.5) is 21.5 Å². The molecule has 0 atom stereocenters. The molecule has 0 bridgehead atoms. The van der Waals surface area contributed by atoms with E-state index in [4.69, 9.17) is 18.8 Å². The van der Waals surface area contributed by atoms with E-state index in [9.17, 15) is 9.59 Å². The molecule has 8 heteroatoms. The summed E-state index contributed by atoms with van der Waals surface area (Å²) in [5.41, 5.74) is 1.97. The van der Waals surface area contributed by atoms with Crippen LogP contribution in [0.1, 0.15) is 35.3 Å². The molecule has 6 nitrogen and oxygen atoms in total. The van der Waals surface area contributed by atoms with E-state index in [1.165, 1.54) is 11.0 Å². The predicted octanol–water partition coefficient (Wildman–Crippen LogP) is 5.53. The van der Waals surface area contributed by atoms with Crippen LogP contribution in [0.2, 0.25) is 0 Å². The zero-order valence-electron chi connectivity index (χ0n) is 19.5. The average molecular weight is 487 g/mol. The van der Waals surface area contributed by atoms with E-state index in [1.54, 1.807) is 80.3 Å². The molecule has 1 N–H and O–H groups in total. The maximum absolute atomic E-state index is 15.0. The summed E-state index contributed by atoms with van der Waals surface area (Å²) < 4.78 is 15.0. The molecule has 3 aromatic carbocycles. The molecule has 4 rings (SSSR count). The van der Waals surface area contributed by atoms with Crippen LogP contribution in [-0.2, 0) is 11.3 Å². The number of hydrogen-bond acceptors (Lipinski definition) is 3. The largest absolute Gasteiger partial charge is 0.348 e. The molecule has 1 aliphatic rings. The van der Waals surface area contributed by atoms with Crippen LogP contribution < -0.4 is 15.1 Å². The van der Waals surface area contributed by atoms with Crippen molar-refractivity contribution in [2.75, 3.05) is 9.80 Å². The Morgan fingerprint density at radius 3 is 2.40 bits per heavy atom. The number of anilines is 2. The van der Waals surface area contributed by atoms with E-state index >= 15 is 4.39 Å². The summed E-state index contributed by atoms with van der Waals surface area (Å²) in [4.78, 5) is 32.1. The van der Waals surface area contributed by atoms with Crippen LogP contribution in [-0.4, -0.2) is 22.5 Å². The minimum absolute atomic E-state index is 0.0193. The van der Waals surface area contributed by atoms with Gasteiger partial charge in [0.2, 0.25) is 0 Å². The minimum atomic E-state index is -1.06. The van der Waals surface area contributed by atoms with E-state index in [1.807, 2.05) is 6.07 Å². The maximum atomic E-state index is 15.0. The number of aryl methyl sites for hydroxylation is 1. The number of halogens is 1. The highest BCUT2D eigenvalue weighted by Crippen LogP contribution is 2.38. The highest BCUT2D eigenvalue weighted by molar-refractivity contribution is 7.81. The number of nitrogens with zero attached hydrogens (tertiary/aromatic N) is 3. The molecule has 0 saturated carbocycles. The number of nitrogens with one attached hydrogen (secondary N) is 1. The van der Waals surface area contributed by atoms with Gasteiger partial charge in [0.05, 0.1) is 6.57 Å². The van der Waals surface area contributed by atoms with Gasteiger partial charge in [-0.05, 0) is 75.0 Å². The van der Waals surface area contributed by atoms with Crippen molar-refractivity contribution >= 4 is 46.2 Å². The first-order chi connectivity index (χ1) is 16.6. The second-order valence-corrected chi connectivity index (χ2v) is 9.09. The second-order valence-electron chi connectivity index (χ2n) is 8.72. The Balaban J connectivity index is 1.58. The number of thiocarbonyl (C=S) groups is 1. The third kappa shape index (κ3) is 4.38. The maximum Gasteiger partial charge on any atom is 0.259 e. The van der Waals surface area contributed by atoms with Gasteiger partial charge in [-0.25, -0.2) is 9.24 Å². The zero-order valence-corrected chi connectivity index (χ0v) is 20.3. The Morgan fingerprint density at radius 1 is 1.09 bits per heavy atom. The van der Waals surface area contributed by atoms with Crippen molar-refractivity contribution in [1.29, 1.82) is 0 Å². The summed E-state index contributed by atoms with van der Waals surface area (Å²) in [6.45, 7) is 12.5. The molecule has 1 saturated heterocycles. The molecule has 0 unspecified atom stereocenters. The van der Waals surface area contributed by atoms with Crippen LogP contribution in [0.25, 0.3) is 4.85 Å². The second kappa shape index (κ2) is 9.28. The van der Waals surface area contributed by atoms with Gasteiger partial charge in [-0.2, -0.15) is 0 Å². The first-order valence-corrected chi connectivity index (χ1v) is 11.3. The summed E-state index contributed by atoms with van der Waals surface area (Å²) in [7, 11) is 0. The third-order valence-corrected chi connectivity index (χ3v) is 6.36. The summed E-state index contributed by atoms with van der Waals surface area (Å²) in [5.74, 6) is -1.06. The summed E-state index contributed by atoms with van der Waals surface area (Å²) in [5, 5.41) is 2.94. The van der Waals surface area contributed by atoms with Gasteiger partial charge >= 0.3 is 0 Å². The van der Waals surface area contributed by atoms with Crippen LogP contribution in [0.15, 0.2) is 66.7 Å². The number of hydrogen-bond donors (Lipinski definition) is 1. The lowest BCUT2D eigenvalue weighted by Gasteiger charge is -2.29. The molecule has 0 radical (unpaired) electrons. The average Bonchev–Trinajstić information content (AvgIpc) is 3.01. The van der Waals surface area contributed by atoms with E-state index in [0.29, 0.717) is 28.2 Å². The van der Waals surface area contributed by atoms with Crippen molar-refractivity contribution in [3.63, 3.8) is 0 Å². The van der Waals surface area contributed by atoms with E-state index in [0.717, 1.165) is 5.56 Å². The Labute approximate surface area is 208 Å². The zero-order chi connectivity index (χ0) is 25.3. The highest BCUT2D eigenvalue weighted by Gasteiger charge is 2.50. The number of carbonyl (C=O) groups excluding carboxylic acids is 2. The number of rotatable bonds is 5. The monoisotopic (exact) mass is 486 g/mol. The van der Waals surface area contributed by atoms with Gasteiger partial charge in [-0.15, -0.1) is 0 Å². The Bertz CT molecular complexity index is 1380. The van der Waals surface area contributed by atoms with Crippen molar-refractivity contribution in [3.8, 4) is 0 Å². The van der Waals surface area contributed by atoms with Crippen LogP contribution in [0.3, 0.4) is 0 Å². The van der Waals surface area contributed by atoms with Crippen LogP contribution >= 0.6 is 12.2 Å². The first-order valence-electron chi connectivity index (χ1n) is 10.9. The molecule has 1 fully saturated rings. The van der Waals surface area contributed by atoms with E-state index in [2.05, 4.69) is 10.2 Å². The molecular formula is C27H23FN4O2S. The molecule has 1 aliphatic heterocycles. The van der Waals surface area contributed by atoms with Crippen molar-refractivity contribution in [3.05, 3.63) is 101 Å². The Kier molecular flexibility index (Phi) is 6.37. The molecule has 1 heterocycles. The quantitative estimate of drug-likeness (QED) is 0.381. The summed E-state index contributed by atoms with van der Waals surface area (Å²) in [6, 6.07) is 18.4. The molecule has 0 aliphatic carbocycles. The fourth-order valence-corrected chi connectivity index (χ4v) is 4.57. The minimum Gasteiger partial charge on any atom is -0.348 e. The fourth-order valence-electron chi connectivity index (χ4n) is 4.05. The molecule has 3 aromatic rings. The normalized spacial score (nSPS) is 14.7. The van der Waals surface area contributed by atoms with Gasteiger partial charge in [0.1, 0.15) is 11.4 Å². The molecular weight excluding hydrogens is 463 g/mol. The van der Waals surface area contributed by atoms with Gasteiger partial charge in [0, 0.05) is 29.0 Å². The standard InChI is InChI=1S/C27H23FN4O2S/c1-17-14-20(12-13-23(17)29-4)31-25(34)27(2,3)32(26(31)35)21-11-10-19(22(28)15-21)16-30-24(33)18-8-6-5-7-9-18/h5-15H,16H2,1-3H3,(H,30,33). The summed E-state index contributed by atoms with van der Waals surface area (Å²) >= 11 is 5.66. The first kappa shape index (κ1) is 24.0. The lowest BCUT2D eigenvalue weighted by Crippen LogP contribution is -2.44. The molecule has 35 heavy (non-hydrogen) atoms. The Hall–Kier alpha value is -4.09. The highest BCUT2D eigenvalue weighted by atomic mass is 32.1. The van der Waals surface area contributed by atoms with E-state index in [-0.39, 0.29) is 23.5 Å². The SMILES string of the molecule is [C-]#[N+]c1ccc(N2C(=O)C(C)(C)N(c3ccc(CNC(=O)c4ccccc4)c(F)c3)C2=S)cc1C. The third-order valence-electron chi connectivity index (χ3n) is 6.00. The fraction of sp³-hybridized carbons (Fsp3) is 0.185. The van der Waals surface area contributed by atoms with Gasteiger partial charge < -0.3 is 10.2 Å². The van der Waals surface area contributed by atoms with Crippen molar-refractivity contribution in [2.24, 2.45) is 0 Å². The number of amides is 2. The van der Waals surface area contributed by atoms with Gasteiger partial charge in [-0.1, -0.05) is 30.3 Å². The molecule has 0 aromatic heterocycles. The molecule has 176 valence electrons. The van der Waals surface area contributed by atoms with E-state index < -0.39 is 11.4 Å². The topological polar surface area (TPSA) is 57.0 Å². The van der Waals surface area contributed by atoms with Crippen molar-refractivity contribution in [2.45, 2.75) is 32.9 Å². The van der Waals surface area contributed by atoms with Crippen LogP contribution in [0.5, 0.6) is 0 Å².